The highest BCUT2D eigenvalue weighted by Crippen LogP contribution is 2.22. The summed E-state index contributed by atoms with van der Waals surface area (Å²) < 4.78 is 42.8. The Morgan fingerprint density at radius 2 is 1.50 bits per heavy atom. The molecule has 2 aliphatic rings. The van der Waals surface area contributed by atoms with Gasteiger partial charge in [0.1, 0.15) is 22.8 Å². The van der Waals surface area contributed by atoms with Gasteiger partial charge in [0.25, 0.3) is 0 Å². The van der Waals surface area contributed by atoms with Crippen molar-refractivity contribution in [3.05, 3.63) is 66.1 Å². The van der Waals surface area contributed by atoms with Gasteiger partial charge in [-0.15, -0.1) is 0 Å². The van der Waals surface area contributed by atoms with Gasteiger partial charge in [0.05, 0.1) is 0 Å². The first-order valence-corrected chi connectivity index (χ1v) is 19.0. The van der Waals surface area contributed by atoms with Gasteiger partial charge in [0.2, 0.25) is 5.91 Å². The van der Waals surface area contributed by atoms with Crippen LogP contribution in [0.15, 0.2) is 45.3 Å². The number of carbonyl (C=O) groups is 4. The molecule has 2 atom stereocenters. The predicted octanol–water partition coefficient (Wildman–Crippen LogP) is 10.4. The third-order valence-electron chi connectivity index (χ3n) is 6.58. The summed E-state index contributed by atoms with van der Waals surface area (Å²) >= 11 is 8.50. The van der Waals surface area contributed by atoms with Gasteiger partial charge in [0.15, 0.2) is 5.78 Å². The molecule has 3 amide bonds. The Hall–Kier alpha value is -2.17. The molecule has 2 aromatic rings. The number of halogens is 5. The number of rotatable bonds is 5. The molecule has 280 valence electrons. The molecule has 2 unspecified atom stereocenters. The molecule has 14 heteroatoms. The molecule has 50 heavy (non-hydrogen) atoms. The molecule has 2 aromatic carbocycles. The minimum Gasteiger partial charge on any atom is -0.444 e. The Bertz CT molecular complexity index is 1420. The predicted molar refractivity (Wildman–Crippen MR) is 205 cm³/mol. The van der Waals surface area contributed by atoms with Crippen LogP contribution in [0.25, 0.3) is 0 Å². The third kappa shape index (κ3) is 19.4. The first-order chi connectivity index (χ1) is 23.1. The summed E-state index contributed by atoms with van der Waals surface area (Å²) in [6.07, 6.45) is 3.43. The maximum absolute atomic E-state index is 13.0. The van der Waals surface area contributed by atoms with Gasteiger partial charge < -0.3 is 19.5 Å². The van der Waals surface area contributed by atoms with Gasteiger partial charge in [-0.05, 0) is 172 Å². The molecule has 2 fully saturated rings. The van der Waals surface area contributed by atoms with Crippen LogP contribution in [0.4, 0.5) is 18.4 Å². The average Bonchev–Trinajstić information content (AvgIpc) is 3.66. The fourth-order valence-corrected chi connectivity index (χ4v) is 5.44. The van der Waals surface area contributed by atoms with Crippen LogP contribution in [0.5, 0.6) is 0 Å². The van der Waals surface area contributed by atoms with E-state index in [4.69, 9.17) is 14.2 Å². The largest absolute Gasteiger partial charge is 0.444 e. The molecule has 0 bridgehead atoms. The van der Waals surface area contributed by atoms with Crippen LogP contribution in [0.3, 0.4) is 0 Å². The Labute approximate surface area is 325 Å². The average molecular weight is 947 g/mol. The summed E-state index contributed by atoms with van der Waals surface area (Å²) in [5.41, 5.74) is -0.663. The van der Waals surface area contributed by atoms with E-state index in [1.54, 1.807) is 54.5 Å². The van der Waals surface area contributed by atoms with E-state index in [0.717, 1.165) is 27.7 Å². The number of carbonyl (C=O) groups excluding carboxylic acids is 4. The fraction of sp³-hybridized carbons (Fsp3) is 0.556. The van der Waals surface area contributed by atoms with Crippen molar-refractivity contribution in [3.8, 4) is 0 Å². The van der Waals surface area contributed by atoms with Crippen molar-refractivity contribution in [1.29, 1.82) is 0 Å². The lowest BCUT2D eigenvalue weighted by molar-refractivity contribution is -0.127. The number of hydrogen-bond donors (Lipinski definition) is 1. The Balaban J connectivity index is 0.000000376. The molecule has 0 saturated carbocycles. The van der Waals surface area contributed by atoms with Crippen molar-refractivity contribution in [2.24, 2.45) is 0 Å². The number of ether oxygens (including phenoxy) is 3. The lowest BCUT2D eigenvalue weighted by Gasteiger charge is -2.25. The SMILES string of the molecule is C1CCOC1.CC(CCC(=O)c1ccc(F)cc1Br)NC(=O)OC(C)(C)C.CC1CCC(=O)N1C(=O)OC(C)(C)C.Fc1ccc(I)c(Br)c1. The highest BCUT2D eigenvalue weighted by Gasteiger charge is 2.35. The molecule has 1 N–H and O–H groups in total. The molecule has 0 spiro atoms. The number of nitrogens with zero attached hydrogens (tertiary/aromatic N) is 1. The van der Waals surface area contributed by atoms with Gasteiger partial charge in [-0.25, -0.2) is 23.3 Å². The van der Waals surface area contributed by atoms with Gasteiger partial charge in [-0.3, -0.25) is 9.59 Å². The number of likely N-dealkylation sites (tertiary alicyclic amines) is 1. The topological polar surface area (TPSA) is 111 Å². The van der Waals surface area contributed by atoms with Crippen molar-refractivity contribution in [1.82, 2.24) is 10.2 Å². The smallest absolute Gasteiger partial charge is 0.417 e. The van der Waals surface area contributed by atoms with Crippen LogP contribution in [-0.4, -0.2) is 65.3 Å². The molecular weight excluding hydrogens is 897 g/mol. The molecule has 0 radical (unpaired) electrons. The first kappa shape index (κ1) is 45.9. The number of imide groups is 1. The van der Waals surface area contributed by atoms with E-state index in [0.29, 0.717) is 22.9 Å². The fourth-order valence-electron chi connectivity index (χ4n) is 4.18. The molecular formula is C36H49Br2F2IN2O7. The summed E-state index contributed by atoms with van der Waals surface area (Å²) in [7, 11) is 0. The zero-order chi connectivity index (χ0) is 38.2. The zero-order valence-electron chi connectivity index (χ0n) is 30.0. The second kappa shape index (κ2) is 22.0. The number of benzene rings is 2. The number of hydrogen-bond acceptors (Lipinski definition) is 7. The monoisotopic (exact) mass is 944 g/mol. The molecule has 0 aliphatic carbocycles. The molecule has 2 aliphatic heterocycles. The van der Waals surface area contributed by atoms with Gasteiger partial charge in [-0.1, -0.05) is 0 Å². The van der Waals surface area contributed by atoms with E-state index in [2.05, 4.69) is 59.8 Å². The lowest BCUT2D eigenvalue weighted by atomic mass is 10.0. The maximum atomic E-state index is 13.0. The summed E-state index contributed by atoms with van der Waals surface area (Å²) in [6, 6.07) is 8.34. The minimum absolute atomic E-state index is 0.0302. The number of Topliss-reactive ketones (excluding diaryl/α,β-unsaturated/α-hetero) is 1. The van der Waals surface area contributed by atoms with Crippen LogP contribution < -0.4 is 5.32 Å². The van der Waals surface area contributed by atoms with Crippen molar-refractivity contribution in [2.75, 3.05) is 13.2 Å². The molecule has 0 aromatic heterocycles. The van der Waals surface area contributed by atoms with Crippen LogP contribution in [0.1, 0.15) is 104 Å². The number of alkyl carbamates (subject to hydrolysis) is 1. The van der Waals surface area contributed by atoms with Crippen molar-refractivity contribution in [2.45, 2.75) is 117 Å². The van der Waals surface area contributed by atoms with Gasteiger partial charge in [-0.2, -0.15) is 0 Å². The molecule has 9 nitrogen and oxygen atoms in total. The second-order valence-corrected chi connectivity index (χ2v) is 16.5. The summed E-state index contributed by atoms with van der Waals surface area (Å²) in [4.78, 5) is 47.8. The van der Waals surface area contributed by atoms with Crippen molar-refractivity contribution < 1.29 is 42.2 Å². The Kier molecular flexibility index (Phi) is 20.2. The van der Waals surface area contributed by atoms with Crippen molar-refractivity contribution in [3.63, 3.8) is 0 Å². The van der Waals surface area contributed by atoms with Crippen LogP contribution in [-0.2, 0) is 19.0 Å². The maximum Gasteiger partial charge on any atom is 0.417 e. The summed E-state index contributed by atoms with van der Waals surface area (Å²) in [5, 5.41) is 2.68. The van der Waals surface area contributed by atoms with E-state index < -0.39 is 29.2 Å². The molecule has 2 saturated heterocycles. The second-order valence-electron chi connectivity index (χ2n) is 13.6. The molecule has 4 rings (SSSR count). The minimum atomic E-state index is -0.557. The Morgan fingerprint density at radius 3 is 1.92 bits per heavy atom. The van der Waals surface area contributed by atoms with Crippen LogP contribution >= 0.6 is 54.5 Å². The Morgan fingerprint density at radius 1 is 0.960 bits per heavy atom. The van der Waals surface area contributed by atoms with E-state index in [1.165, 1.54) is 48.1 Å². The van der Waals surface area contributed by atoms with Gasteiger partial charge >= 0.3 is 12.2 Å². The highest BCUT2D eigenvalue weighted by molar-refractivity contribution is 14.1. The van der Waals surface area contributed by atoms with E-state index >= 15 is 0 Å². The third-order valence-corrected chi connectivity index (χ3v) is 9.58. The van der Waals surface area contributed by atoms with Gasteiger partial charge in [0, 0.05) is 56.2 Å². The van der Waals surface area contributed by atoms with Crippen LogP contribution in [0, 0.1) is 15.2 Å². The number of ketones is 1. The van der Waals surface area contributed by atoms with E-state index in [-0.39, 0.29) is 36.0 Å². The number of amides is 3. The highest BCUT2D eigenvalue weighted by atomic mass is 127. The normalized spacial score (nSPS) is 16.1. The van der Waals surface area contributed by atoms with Crippen LogP contribution in [0.2, 0.25) is 0 Å². The summed E-state index contributed by atoms with van der Waals surface area (Å²) in [5.74, 6) is -0.845. The first-order valence-electron chi connectivity index (χ1n) is 16.3. The quantitative estimate of drug-likeness (QED) is 0.181. The van der Waals surface area contributed by atoms with E-state index in [9.17, 15) is 28.0 Å². The molecule has 2 heterocycles. The zero-order valence-corrected chi connectivity index (χ0v) is 35.3. The van der Waals surface area contributed by atoms with E-state index in [1.807, 2.05) is 6.92 Å². The number of nitrogens with one attached hydrogen (secondary N) is 1. The lowest BCUT2D eigenvalue weighted by Crippen LogP contribution is -2.41. The summed E-state index contributed by atoms with van der Waals surface area (Å²) in [6.45, 7) is 16.4. The standard InChI is InChI=1S/C16H21BrFNO3.C10H17NO3.C6H3BrFI.C4H8O/c1-10(19-15(21)22-16(2,3)4)5-8-14(20)12-7-6-11(18)9-13(12)17;1-7-5-6-8(12)11(7)9(13)14-10(2,3)4;7-5-3-4(8)1-2-6(5)9;1-2-4-5-3-1/h6-7,9-10H,5,8H2,1-4H3,(H,19,21);7H,5-6H2,1-4H3;1-3H;1-4H2. The van der Waals surface area contributed by atoms with Crippen molar-refractivity contribution >= 4 is 78.3 Å².